The third kappa shape index (κ3) is 5.14. The van der Waals surface area contributed by atoms with E-state index in [1.807, 2.05) is 56.0 Å². The topological polar surface area (TPSA) is 55.2 Å². The van der Waals surface area contributed by atoms with Crippen LogP contribution in [0.5, 0.6) is 0 Å². The highest BCUT2D eigenvalue weighted by molar-refractivity contribution is 6.30. The van der Waals surface area contributed by atoms with Gasteiger partial charge in [0.25, 0.3) is 5.56 Å². The number of para-hydroxylation sites is 1. The van der Waals surface area contributed by atoms with E-state index in [-0.39, 0.29) is 23.4 Å². The number of carbonyl (C=O) groups is 1. The molecule has 0 N–H and O–H groups in total. The zero-order chi connectivity index (χ0) is 24.1. The Hall–Kier alpha value is -2.66. The van der Waals surface area contributed by atoms with Crippen molar-refractivity contribution in [3.05, 3.63) is 69.2 Å². The van der Waals surface area contributed by atoms with E-state index in [2.05, 4.69) is 13.8 Å². The van der Waals surface area contributed by atoms with Gasteiger partial charge in [-0.05, 0) is 69.5 Å². The Kier molecular flexibility index (Phi) is 8.30. The molecule has 1 heterocycles. The van der Waals surface area contributed by atoms with E-state index in [9.17, 15) is 9.59 Å². The summed E-state index contributed by atoms with van der Waals surface area (Å²) >= 11 is 6.19. The third-order valence-corrected chi connectivity index (χ3v) is 6.65. The van der Waals surface area contributed by atoms with Crippen LogP contribution in [0.1, 0.15) is 70.8 Å². The molecule has 0 saturated carbocycles. The summed E-state index contributed by atoms with van der Waals surface area (Å²) in [6, 6.07) is 12.5. The molecule has 1 aromatic heterocycles. The van der Waals surface area contributed by atoms with Crippen LogP contribution in [0.25, 0.3) is 16.6 Å². The minimum atomic E-state index is -0.370. The molecular weight excluding hydrogens is 434 g/mol. The van der Waals surface area contributed by atoms with Gasteiger partial charge in [0.05, 0.1) is 22.6 Å². The van der Waals surface area contributed by atoms with Crippen LogP contribution in [0.4, 0.5) is 0 Å². The number of hydrogen-bond acceptors (Lipinski definition) is 3. The number of aryl methyl sites for hydroxylation is 1. The van der Waals surface area contributed by atoms with Crippen molar-refractivity contribution in [2.75, 3.05) is 6.54 Å². The van der Waals surface area contributed by atoms with Gasteiger partial charge in [0.15, 0.2) is 0 Å². The molecule has 0 spiro atoms. The first-order valence-electron chi connectivity index (χ1n) is 11.9. The number of carbonyl (C=O) groups excluding carboxylic acids is 1. The second-order valence-corrected chi connectivity index (χ2v) is 9.04. The Morgan fingerprint density at radius 3 is 2.52 bits per heavy atom. The van der Waals surface area contributed by atoms with Crippen LogP contribution in [0.2, 0.25) is 5.02 Å². The first-order chi connectivity index (χ1) is 15.8. The molecule has 0 aliphatic carbocycles. The van der Waals surface area contributed by atoms with Gasteiger partial charge in [-0.1, -0.05) is 50.4 Å². The largest absolute Gasteiger partial charge is 0.333 e. The summed E-state index contributed by atoms with van der Waals surface area (Å²) < 4.78 is 1.65. The van der Waals surface area contributed by atoms with Gasteiger partial charge >= 0.3 is 0 Å². The van der Waals surface area contributed by atoms with Gasteiger partial charge in [0.2, 0.25) is 5.91 Å². The summed E-state index contributed by atoms with van der Waals surface area (Å²) in [5.41, 5.74) is 2.09. The average Bonchev–Trinajstić information content (AvgIpc) is 2.80. The summed E-state index contributed by atoms with van der Waals surface area (Å²) in [5, 5.41) is 1.16. The van der Waals surface area contributed by atoms with E-state index in [0.717, 1.165) is 36.9 Å². The van der Waals surface area contributed by atoms with E-state index in [0.29, 0.717) is 28.3 Å². The first kappa shape index (κ1) is 25.0. The van der Waals surface area contributed by atoms with E-state index >= 15 is 0 Å². The third-order valence-electron chi connectivity index (χ3n) is 6.41. The summed E-state index contributed by atoms with van der Waals surface area (Å²) in [5.74, 6) is 0.664. The van der Waals surface area contributed by atoms with E-state index < -0.39 is 0 Å². The standard InChI is InChI=1S/C27H34ClN3O2/c1-6-9-12-20(7-2)26(32)30(8-3)19(5)25-29-23-14-11-10-13-22(23)27(33)31(25)24-16-15-21(28)17-18(24)4/h10-11,13-17,19-20H,6-9,12H2,1-5H3. The maximum atomic E-state index is 13.7. The van der Waals surface area contributed by atoms with E-state index in [4.69, 9.17) is 16.6 Å². The van der Waals surface area contributed by atoms with Crippen molar-refractivity contribution in [2.45, 2.75) is 66.3 Å². The van der Waals surface area contributed by atoms with E-state index in [1.54, 1.807) is 16.7 Å². The molecule has 0 aliphatic rings. The van der Waals surface area contributed by atoms with Crippen LogP contribution in [0.3, 0.4) is 0 Å². The second kappa shape index (κ2) is 11.0. The monoisotopic (exact) mass is 467 g/mol. The van der Waals surface area contributed by atoms with Crippen molar-refractivity contribution in [3.63, 3.8) is 0 Å². The van der Waals surface area contributed by atoms with Crippen molar-refractivity contribution in [3.8, 4) is 5.69 Å². The average molecular weight is 468 g/mol. The lowest BCUT2D eigenvalue weighted by molar-refractivity contribution is -0.138. The number of hydrogen-bond donors (Lipinski definition) is 0. The highest BCUT2D eigenvalue weighted by atomic mass is 35.5. The van der Waals surface area contributed by atoms with Gasteiger partial charge in [-0.2, -0.15) is 0 Å². The van der Waals surface area contributed by atoms with Gasteiger partial charge in [-0.3, -0.25) is 14.2 Å². The maximum absolute atomic E-state index is 13.7. The van der Waals surface area contributed by atoms with Crippen LogP contribution in [-0.4, -0.2) is 26.9 Å². The smallest absolute Gasteiger partial charge is 0.266 e. The van der Waals surface area contributed by atoms with Crippen LogP contribution < -0.4 is 5.56 Å². The molecule has 2 aromatic carbocycles. The number of fused-ring (bicyclic) bond motifs is 1. The number of halogens is 1. The molecule has 1 amide bonds. The van der Waals surface area contributed by atoms with Crippen molar-refractivity contribution in [2.24, 2.45) is 5.92 Å². The fourth-order valence-electron chi connectivity index (χ4n) is 4.48. The summed E-state index contributed by atoms with van der Waals surface area (Å²) in [4.78, 5) is 34.0. The molecule has 0 radical (unpaired) electrons. The molecule has 3 aromatic rings. The lowest BCUT2D eigenvalue weighted by Gasteiger charge is -2.32. The van der Waals surface area contributed by atoms with Crippen LogP contribution >= 0.6 is 11.6 Å². The number of unbranched alkanes of at least 4 members (excludes halogenated alkanes) is 1. The minimum absolute atomic E-state index is 0.0229. The number of aromatic nitrogens is 2. The number of amides is 1. The number of rotatable bonds is 9. The minimum Gasteiger partial charge on any atom is -0.333 e. The predicted molar refractivity (Wildman–Crippen MR) is 136 cm³/mol. The van der Waals surface area contributed by atoms with Crippen molar-refractivity contribution in [1.82, 2.24) is 14.5 Å². The molecule has 176 valence electrons. The van der Waals surface area contributed by atoms with Gasteiger partial charge in [0, 0.05) is 17.5 Å². The zero-order valence-corrected chi connectivity index (χ0v) is 21.0. The molecule has 3 rings (SSSR count). The predicted octanol–water partition coefficient (Wildman–Crippen LogP) is 6.47. The Morgan fingerprint density at radius 2 is 1.88 bits per heavy atom. The summed E-state index contributed by atoms with van der Waals surface area (Å²) in [7, 11) is 0. The van der Waals surface area contributed by atoms with Gasteiger partial charge in [0.1, 0.15) is 5.82 Å². The molecule has 0 bridgehead atoms. The maximum Gasteiger partial charge on any atom is 0.266 e. The summed E-state index contributed by atoms with van der Waals surface area (Å²) in [6.07, 6.45) is 3.77. The van der Waals surface area contributed by atoms with Gasteiger partial charge in [-0.15, -0.1) is 0 Å². The molecule has 6 heteroatoms. The first-order valence-corrected chi connectivity index (χ1v) is 12.3. The lowest BCUT2D eigenvalue weighted by atomic mass is 9.97. The molecule has 0 saturated heterocycles. The molecule has 5 nitrogen and oxygen atoms in total. The van der Waals surface area contributed by atoms with Crippen LogP contribution in [0.15, 0.2) is 47.3 Å². The fraction of sp³-hybridized carbons (Fsp3) is 0.444. The van der Waals surface area contributed by atoms with Gasteiger partial charge < -0.3 is 4.90 Å². The van der Waals surface area contributed by atoms with Crippen LogP contribution in [0, 0.1) is 12.8 Å². The highest BCUT2D eigenvalue weighted by Gasteiger charge is 2.29. The highest BCUT2D eigenvalue weighted by Crippen LogP contribution is 2.28. The SMILES string of the molecule is CCCCC(CC)C(=O)N(CC)C(C)c1nc2ccccc2c(=O)n1-c1ccc(Cl)cc1C. The zero-order valence-electron chi connectivity index (χ0n) is 20.3. The van der Waals surface area contributed by atoms with Crippen molar-refractivity contribution < 1.29 is 4.79 Å². The number of benzene rings is 2. The normalized spacial score (nSPS) is 13.2. The summed E-state index contributed by atoms with van der Waals surface area (Å²) in [6.45, 7) is 10.6. The molecule has 0 fully saturated rings. The molecule has 2 unspecified atom stereocenters. The molecule has 0 aliphatic heterocycles. The Bertz CT molecular complexity index is 1190. The van der Waals surface area contributed by atoms with Crippen molar-refractivity contribution >= 4 is 28.4 Å². The lowest BCUT2D eigenvalue weighted by Crippen LogP contribution is -2.40. The number of nitrogens with zero attached hydrogens (tertiary/aromatic N) is 3. The van der Waals surface area contributed by atoms with Crippen molar-refractivity contribution in [1.29, 1.82) is 0 Å². The second-order valence-electron chi connectivity index (χ2n) is 8.61. The quantitative estimate of drug-likeness (QED) is 0.362. The van der Waals surface area contributed by atoms with Crippen LogP contribution in [-0.2, 0) is 4.79 Å². The Morgan fingerprint density at radius 1 is 1.15 bits per heavy atom. The molecular formula is C27H34ClN3O2. The molecule has 33 heavy (non-hydrogen) atoms. The van der Waals surface area contributed by atoms with E-state index in [1.165, 1.54) is 0 Å². The molecule has 2 atom stereocenters. The fourth-order valence-corrected chi connectivity index (χ4v) is 4.71. The Labute approximate surface area is 201 Å². The van der Waals surface area contributed by atoms with Gasteiger partial charge in [-0.25, -0.2) is 4.98 Å². The Balaban J connectivity index is 2.19.